The molecule has 0 bridgehead atoms. The predicted molar refractivity (Wildman–Crippen MR) is 70.9 cm³/mol. The van der Waals surface area contributed by atoms with Gasteiger partial charge in [0.25, 0.3) is 0 Å². The topological polar surface area (TPSA) is 68.2 Å². The minimum absolute atomic E-state index is 0.0737. The highest BCUT2D eigenvalue weighted by Gasteiger charge is 2.25. The molecule has 2 atom stereocenters. The number of hydrogen-bond donors (Lipinski definition) is 2. The number of carbonyl (C=O) groups excluding carboxylic acids is 1. The zero-order valence-electron chi connectivity index (χ0n) is 11.4. The number of nitriles is 1. The van der Waals surface area contributed by atoms with Crippen LogP contribution in [0.4, 0.5) is 0 Å². The van der Waals surface area contributed by atoms with Gasteiger partial charge in [0.1, 0.15) is 0 Å². The molecule has 1 aliphatic heterocycles. The van der Waals surface area contributed by atoms with Crippen LogP contribution in [0.3, 0.4) is 0 Å². The second kappa shape index (κ2) is 8.06. The highest BCUT2D eigenvalue weighted by Crippen LogP contribution is 2.16. The van der Waals surface area contributed by atoms with Gasteiger partial charge in [-0.3, -0.25) is 4.79 Å². The van der Waals surface area contributed by atoms with Crippen LogP contribution >= 0.6 is 0 Å². The normalized spacial score (nSPS) is 22.2. The molecule has 0 aromatic rings. The zero-order chi connectivity index (χ0) is 13.4. The average molecular weight is 252 g/mol. The van der Waals surface area contributed by atoms with E-state index in [-0.39, 0.29) is 17.9 Å². The molecule has 2 N–H and O–H groups in total. The second-order valence-corrected chi connectivity index (χ2v) is 4.78. The first kappa shape index (κ1) is 14.9. The number of nitrogens with zero attached hydrogens (tertiary/aromatic N) is 2. The summed E-state index contributed by atoms with van der Waals surface area (Å²) in [5.74, 6) is 0.256. The van der Waals surface area contributed by atoms with Crippen molar-refractivity contribution in [3.05, 3.63) is 0 Å². The maximum atomic E-state index is 11.6. The summed E-state index contributed by atoms with van der Waals surface area (Å²) in [4.78, 5) is 13.9. The molecule has 1 aliphatic rings. The number of nitrogens with one attached hydrogen (secondary N) is 2. The lowest BCUT2D eigenvalue weighted by Gasteiger charge is -2.32. The number of hydrogen-bond acceptors (Lipinski definition) is 4. The van der Waals surface area contributed by atoms with E-state index in [1.54, 1.807) is 7.05 Å². The number of carbonyl (C=O) groups is 1. The van der Waals surface area contributed by atoms with Crippen LogP contribution in [0.25, 0.3) is 0 Å². The van der Waals surface area contributed by atoms with E-state index in [9.17, 15) is 4.79 Å². The number of piperidine rings is 1. The molecular formula is C13H24N4O. The van der Waals surface area contributed by atoms with E-state index in [0.29, 0.717) is 0 Å². The Morgan fingerprint density at radius 3 is 3.00 bits per heavy atom. The lowest BCUT2D eigenvalue weighted by atomic mass is 9.97. The molecule has 1 heterocycles. The molecule has 5 nitrogen and oxygen atoms in total. The van der Waals surface area contributed by atoms with Crippen LogP contribution in [0.2, 0.25) is 0 Å². The largest absolute Gasteiger partial charge is 0.359 e. The van der Waals surface area contributed by atoms with Gasteiger partial charge >= 0.3 is 0 Å². The first-order valence-electron chi connectivity index (χ1n) is 6.78. The Hall–Kier alpha value is -1.12. The molecule has 0 aromatic heterocycles. The molecule has 0 spiro atoms. The third-order valence-electron chi connectivity index (χ3n) is 3.46. The van der Waals surface area contributed by atoms with Gasteiger partial charge in [-0.2, -0.15) is 5.26 Å². The summed E-state index contributed by atoms with van der Waals surface area (Å²) in [5.41, 5.74) is 0. The van der Waals surface area contributed by atoms with Crippen molar-refractivity contribution >= 4 is 5.91 Å². The van der Waals surface area contributed by atoms with E-state index in [1.165, 1.54) is 0 Å². The smallest absolute Gasteiger partial charge is 0.224 e. The second-order valence-electron chi connectivity index (χ2n) is 4.78. The summed E-state index contributed by atoms with van der Waals surface area (Å²) in [6, 6.07) is 2.20. The Morgan fingerprint density at radius 1 is 1.61 bits per heavy atom. The van der Waals surface area contributed by atoms with E-state index in [2.05, 4.69) is 21.6 Å². The lowest BCUT2D eigenvalue weighted by Crippen LogP contribution is -2.43. The molecule has 1 rings (SSSR count). The first-order valence-corrected chi connectivity index (χ1v) is 6.78. The van der Waals surface area contributed by atoms with E-state index in [4.69, 9.17) is 5.26 Å². The SMILES string of the molecule is CCNC(C#N)CCN1CCCC(C(=O)NC)C1. The Balaban J connectivity index is 2.34. The minimum atomic E-state index is -0.0737. The van der Waals surface area contributed by atoms with E-state index < -0.39 is 0 Å². The van der Waals surface area contributed by atoms with Gasteiger partial charge in [0.2, 0.25) is 5.91 Å². The summed E-state index contributed by atoms with van der Waals surface area (Å²) in [6.07, 6.45) is 2.87. The third-order valence-corrected chi connectivity index (χ3v) is 3.46. The van der Waals surface area contributed by atoms with Gasteiger partial charge in [0, 0.05) is 20.1 Å². The molecule has 0 aliphatic carbocycles. The van der Waals surface area contributed by atoms with Gasteiger partial charge in [-0.05, 0) is 32.4 Å². The number of amides is 1. The highest BCUT2D eigenvalue weighted by molar-refractivity contribution is 5.78. The van der Waals surface area contributed by atoms with Crippen LogP contribution in [-0.2, 0) is 4.79 Å². The molecule has 18 heavy (non-hydrogen) atoms. The van der Waals surface area contributed by atoms with Gasteiger partial charge in [-0.1, -0.05) is 6.92 Å². The molecule has 1 fully saturated rings. The quantitative estimate of drug-likeness (QED) is 0.715. The number of rotatable bonds is 6. The molecule has 2 unspecified atom stereocenters. The van der Waals surface area contributed by atoms with Crippen molar-refractivity contribution in [2.75, 3.05) is 33.2 Å². The van der Waals surface area contributed by atoms with Crippen molar-refractivity contribution in [1.82, 2.24) is 15.5 Å². The van der Waals surface area contributed by atoms with E-state index in [0.717, 1.165) is 45.4 Å². The molecule has 0 aromatic carbocycles. The molecule has 102 valence electrons. The first-order chi connectivity index (χ1) is 8.71. The van der Waals surface area contributed by atoms with Crippen LogP contribution in [0, 0.1) is 17.2 Å². The van der Waals surface area contributed by atoms with Crippen LogP contribution in [0.1, 0.15) is 26.2 Å². The fraction of sp³-hybridized carbons (Fsp3) is 0.846. The van der Waals surface area contributed by atoms with Crippen molar-refractivity contribution in [2.24, 2.45) is 5.92 Å². The monoisotopic (exact) mass is 252 g/mol. The fourth-order valence-electron chi connectivity index (χ4n) is 2.45. The molecule has 0 saturated carbocycles. The lowest BCUT2D eigenvalue weighted by molar-refractivity contribution is -0.126. The standard InChI is InChI=1S/C13H24N4O/c1-3-16-12(9-14)6-8-17-7-4-5-11(10-17)13(18)15-2/h11-12,16H,3-8,10H2,1-2H3,(H,15,18). The Kier molecular flexibility index (Phi) is 6.69. The van der Waals surface area contributed by atoms with Crippen molar-refractivity contribution in [2.45, 2.75) is 32.2 Å². The van der Waals surface area contributed by atoms with Crippen LogP contribution in [0.5, 0.6) is 0 Å². The minimum Gasteiger partial charge on any atom is -0.359 e. The van der Waals surface area contributed by atoms with Crippen molar-refractivity contribution in [3.63, 3.8) is 0 Å². The van der Waals surface area contributed by atoms with Crippen LogP contribution in [-0.4, -0.2) is 50.1 Å². The highest BCUT2D eigenvalue weighted by atomic mass is 16.1. The summed E-state index contributed by atoms with van der Waals surface area (Å²) >= 11 is 0. The molecule has 1 amide bonds. The summed E-state index contributed by atoms with van der Waals surface area (Å²) in [7, 11) is 1.69. The van der Waals surface area contributed by atoms with Gasteiger partial charge in [-0.15, -0.1) is 0 Å². The predicted octanol–water partition coefficient (Wildman–Crippen LogP) is 0.336. The maximum Gasteiger partial charge on any atom is 0.224 e. The van der Waals surface area contributed by atoms with Gasteiger partial charge < -0.3 is 15.5 Å². The van der Waals surface area contributed by atoms with Gasteiger partial charge in [-0.25, -0.2) is 0 Å². The fourth-order valence-corrected chi connectivity index (χ4v) is 2.45. The summed E-state index contributed by atoms with van der Waals surface area (Å²) < 4.78 is 0. The van der Waals surface area contributed by atoms with E-state index in [1.807, 2.05) is 6.92 Å². The van der Waals surface area contributed by atoms with Gasteiger partial charge in [0.05, 0.1) is 18.0 Å². The number of likely N-dealkylation sites (tertiary alicyclic amines) is 1. The molecule has 0 radical (unpaired) electrons. The molecular weight excluding hydrogens is 228 g/mol. The Bertz CT molecular complexity index is 300. The third kappa shape index (κ3) is 4.63. The van der Waals surface area contributed by atoms with Crippen molar-refractivity contribution in [1.29, 1.82) is 5.26 Å². The van der Waals surface area contributed by atoms with Crippen molar-refractivity contribution in [3.8, 4) is 6.07 Å². The van der Waals surface area contributed by atoms with Gasteiger partial charge in [0.15, 0.2) is 0 Å². The van der Waals surface area contributed by atoms with Crippen LogP contribution in [0.15, 0.2) is 0 Å². The molecule has 5 heteroatoms. The maximum absolute atomic E-state index is 11.6. The summed E-state index contributed by atoms with van der Waals surface area (Å²) in [5, 5.41) is 14.8. The van der Waals surface area contributed by atoms with Crippen molar-refractivity contribution < 1.29 is 4.79 Å². The average Bonchev–Trinajstić information content (AvgIpc) is 2.42. The van der Waals surface area contributed by atoms with Crippen LogP contribution < -0.4 is 10.6 Å². The summed E-state index contributed by atoms with van der Waals surface area (Å²) in [6.45, 7) is 5.58. The zero-order valence-corrected chi connectivity index (χ0v) is 11.4. The Labute approximate surface area is 110 Å². The Morgan fingerprint density at radius 2 is 2.39 bits per heavy atom. The van der Waals surface area contributed by atoms with E-state index >= 15 is 0 Å². The molecule has 1 saturated heterocycles.